The van der Waals surface area contributed by atoms with Crippen molar-refractivity contribution in [2.24, 2.45) is 5.92 Å². The number of nitrogens with zero attached hydrogens (tertiary/aromatic N) is 3. The van der Waals surface area contributed by atoms with Gasteiger partial charge in [-0.15, -0.1) is 0 Å². The SMILES string of the molecule is Cc1ccc(C(CNCC2CNc3ccnn3C2)N(C)C)cc1. The molecule has 0 saturated carbocycles. The van der Waals surface area contributed by atoms with E-state index in [1.54, 1.807) is 0 Å². The van der Waals surface area contributed by atoms with Gasteiger partial charge in [-0.2, -0.15) is 5.10 Å². The topological polar surface area (TPSA) is 45.1 Å². The summed E-state index contributed by atoms with van der Waals surface area (Å²) in [5.74, 6) is 1.70. The molecule has 1 aliphatic heterocycles. The highest BCUT2D eigenvalue weighted by atomic mass is 15.3. The Kier molecular flexibility index (Phi) is 4.98. The first-order valence-corrected chi connectivity index (χ1v) is 8.33. The Morgan fingerprint density at radius 3 is 2.83 bits per heavy atom. The summed E-state index contributed by atoms with van der Waals surface area (Å²) >= 11 is 0. The highest BCUT2D eigenvalue weighted by Crippen LogP contribution is 2.19. The lowest BCUT2D eigenvalue weighted by molar-refractivity contribution is 0.279. The van der Waals surface area contributed by atoms with Gasteiger partial charge >= 0.3 is 0 Å². The first kappa shape index (κ1) is 16.0. The van der Waals surface area contributed by atoms with Gasteiger partial charge in [0, 0.05) is 44.2 Å². The molecule has 0 fully saturated rings. The minimum atomic E-state index is 0.396. The minimum Gasteiger partial charge on any atom is -0.370 e. The molecule has 0 radical (unpaired) electrons. The largest absolute Gasteiger partial charge is 0.370 e. The van der Waals surface area contributed by atoms with Gasteiger partial charge < -0.3 is 15.5 Å². The van der Waals surface area contributed by atoms with E-state index < -0.39 is 0 Å². The number of anilines is 1. The zero-order valence-electron chi connectivity index (χ0n) is 14.3. The standard InChI is InChI=1S/C18H27N5/c1-14-4-6-16(7-5-14)17(22(2)3)12-19-10-15-11-20-18-8-9-21-23(18)13-15/h4-9,15,17,19-20H,10-13H2,1-3H3. The summed E-state index contributed by atoms with van der Waals surface area (Å²) in [6.07, 6.45) is 1.86. The number of hydrogen-bond acceptors (Lipinski definition) is 4. The average molecular weight is 313 g/mol. The smallest absolute Gasteiger partial charge is 0.124 e. The summed E-state index contributed by atoms with van der Waals surface area (Å²) in [4.78, 5) is 2.28. The lowest BCUT2D eigenvalue weighted by Crippen LogP contribution is -2.38. The summed E-state index contributed by atoms with van der Waals surface area (Å²) in [6.45, 7) is 6.09. The summed E-state index contributed by atoms with van der Waals surface area (Å²) in [6, 6.07) is 11.3. The molecule has 3 rings (SSSR count). The van der Waals surface area contributed by atoms with Gasteiger partial charge in [0.25, 0.3) is 0 Å². The van der Waals surface area contributed by atoms with Crippen molar-refractivity contribution < 1.29 is 0 Å². The maximum atomic E-state index is 4.35. The normalized spacial score (nSPS) is 18.5. The van der Waals surface area contributed by atoms with Crippen LogP contribution >= 0.6 is 0 Å². The molecule has 2 aromatic rings. The Morgan fingerprint density at radius 1 is 1.30 bits per heavy atom. The van der Waals surface area contributed by atoms with Gasteiger partial charge in [-0.05, 0) is 26.6 Å². The fraction of sp³-hybridized carbons (Fsp3) is 0.500. The van der Waals surface area contributed by atoms with Crippen LogP contribution in [0.25, 0.3) is 0 Å². The third kappa shape index (κ3) is 3.92. The van der Waals surface area contributed by atoms with Crippen molar-refractivity contribution in [1.29, 1.82) is 0 Å². The van der Waals surface area contributed by atoms with E-state index in [4.69, 9.17) is 0 Å². The number of nitrogens with one attached hydrogen (secondary N) is 2. The first-order chi connectivity index (χ1) is 11.1. The van der Waals surface area contributed by atoms with Crippen LogP contribution in [0, 0.1) is 12.8 Å². The number of aryl methyl sites for hydroxylation is 1. The van der Waals surface area contributed by atoms with Crippen molar-refractivity contribution in [2.75, 3.05) is 39.0 Å². The van der Waals surface area contributed by atoms with Crippen LogP contribution in [0.1, 0.15) is 17.2 Å². The van der Waals surface area contributed by atoms with E-state index in [1.165, 1.54) is 11.1 Å². The first-order valence-electron chi connectivity index (χ1n) is 8.33. The van der Waals surface area contributed by atoms with Crippen molar-refractivity contribution in [2.45, 2.75) is 19.5 Å². The summed E-state index contributed by atoms with van der Waals surface area (Å²) in [5.41, 5.74) is 2.67. The van der Waals surface area contributed by atoms with Crippen molar-refractivity contribution in [1.82, 2.24) is 20.0 Å². The number of fused-ring (bicyclic) bond motifs is 1. The monoisotopic (exact) mass is 313 g/mol. The molecule has 0 aliphatic carbocycles. The van der Waals surface area contributed by atoms with Gasteiger partial charge in [-0.3, -0.25) is 0 Å². The van der Waals surface area contributed by atoms with Crippen LogP contribution in [0.15, 0.2) is 36.5 Å². The zero-order valence-corrected chi connectivity index (χ0v) is 14.3. The molecule has 0 amide bonds. The van der Waals surface area contributed by atoms with Gasteiger partial charge in [-0.25, -0.2) is 4.68 Å². The molecule has 2 heterocycles. The maximum Gasteiger partial charge on any atom is 0.124 e. The second-order valence-corrected chi connectivity index (χ2v) is 6.69. The molecule has 2 N–H and O–H groups in total. The van der Waals surface area contributed by atoms with Crippen LogP contribution in [-0.2, 0) is 6.54 Å². The fourth-order valence-electron chi connectivity index (χ4n) is 3.13. The molecular formula is C18H27N5. The lowest BCUT2D eigenvalue weighted by Gasteiger charge is -2.28. The number of benzene rings is 1. The van der Waals surface area contributed by atoms with Gasteiger partial charge in [0.1, 0.15) is 5.82 Å². The Hall–Kier alpha value is -1.85. The minimum absolute atomic E-state index is 0.396. The summed E-state index contributed by atoms with van der Waals surface area (Å²) in [5, 5.41) is 11.4. The van der Waals surface area contributed by atoms with Crippen molar-refractivity contribution in [3.63, 3.8) is 0 Å². The lowest BCUT2D eigenvalue weighted by atomic mass is 10.0. The quantitative estimate of drug-likeness (QED) is 0.857. The van der Waals surface area contributed by atoms with Crippen LogP contribution in [0.2, 0.25) is 0 Å². The van der Waals surface area contributed by atoms with Crippen LogP contribution in [0.5, 0.6) is 0 Å². The maximum absolute atomic E-state index is 4.35. The predicted octanol–water partition coefficient (Wildman–Crippen LogP) is 2.13. The van der Waals surface area contributed by atoms with Crippen LogP contribution in [-0.4, -0.2) is 48.4 Å². The fourth-order valence-corrected chi connectivity index (χ4v) is 3.13. The van der Waals surface area contributed by atoms with E-state index in [-0.39, 0.29) is 0 Å². The van der Waals surface area contributed by atoms with Crippen LogP contribution in [0.4, 0.5) is 5.82 Å². The van der Waals surface area contributed by atoms with Gasteiger partial charge in [-0.1, -0.05) is 29.8 Å². The van der Waals surface area contributed by atoms with Crippen molar-refractivity contribution in [3.05, 3.63) is 47.7 Å². The number of hydrogen-bond donors (Lipinski definition) is 2. The van der Waals surface area contributed by atoms with Crippen LogP contribution in [0.3, 0.4) is 0 Å². The Morgan fingerprint density at radius 2 is 2.09 bits per heavy atom. The molecule has 0 bridgehead atoms. The Labute approximate surface area is 138 Å². The third-order valence-corrected chi connectivity index (χ3v) is 4.58. The number of aromatic nitrogens is 2. The Balaban J connectivity index is 1.53. The molecule has 0 spiro atoms. The highest BCUT2D eigenvalue weighted by molar-refractivity contribution is 5.35. The van der Waals surface area contributed by atoms with E-state index >= 15 is 0 Å². The second kappa shape index (κ2) is 7.15. The predicted molar refractivity (Wildman–Crippen MR) is 94.7 cm³/mol. The molecule has 5 nitrogen and oxygen atoms in total. The van der Waals surface area contributed by atoms with Crippen molar-refractivity contribution >= 4 is 5.82 Å². The number of likely N-dealkylation sites (N-methyl/N-ethyl adjacent to an activating group) is 1. The molecular weight excluding hydrogens is 286 g/mol. The van der Waals surface area contributed by atoms with E-state index in [0.29, 0.717) is 12.0 Å². The average Bonchev–Trinajstić information content (AvgIpc) is 3.00. The highest BCUT2D eigenvalue weighted by Gasteiger charge is 2.19. The molecule has 1 aromatic carbocycles. The molecule has 2 atom stereocenters. The molecule has 0 saturated heterocycles. The molecule has 1 aliphatic rings. The molecule has 124 valence electrons. The van der Waals surface area contributed by atoms with E-state index in [2.05, 4.69) is 70.6 Å². The van der Waals surface area contributed by atoms with E-state index in [1.807, 2.05) is 12.3 Å². The summed E-state index contributed by atoms with van der Waals surface area (Å²) < 4.78 is 2.05. The molecule has 1 aromatic heterocycles. The van der Waals surface area contributed by atoms with E-state index in [9.17, 15) is 0 Å². The van der Waals surface area contributed by atoms with Gasteiger partial charge in [0.15, 0.2) is 0 Å². The van der Waals surface area contributed by atoms with Gasteiger partial charge in [0.05, 0.1) is 6.20 Å². The van der Waals surface area contributed by atoms with Crippen LogP contribution < -0.4 is 10.6 Å². The van der Waals surface area contributed by atoms with E-state index in [0.717, 1.165) is 32.0 Å². The second-order valence-electron chi connectivity index (χ2n) is 6.69. The molecule has 2 unspecified atom stereocenters. The summed E-state index contributed by atoms with van der Waals surface area (Å²) in [7, 11) is 4.29. The van der Waals surface area contributed by atoms with Gasteiger partial charge in [0.2, 0.25) is 0 Å². The third-order valence-electron chi connectivity index (χ3n) is 4.58. The molecule has 5 heteroatoms. The molecule has 23 heavy (non-hydrogen) atoms. The van der Waals surface area contributed by atoms with Crippen molar-refractivity contribution in [3.8, 4) is 0 Å². The zero-order chi connectivity index (χ0) is 16.2. The Bertz CT molecular complexity index is 617. The number of rotatable bonds is 6.